The predicted octanol–water partition coefficient (Wildman–Crippen LogP) is 3.27. The number of hydrogen-bond acceptors (Lipinski definition) is 2. The highest BCUT2D eigenvalue weighted by Gasteiger charge is 1.98. The van der Waals surface area contributed by atoms with Gasteiger partial charge in [-0.05, 0) is 37.5 Å². The van der Waals surface area contributed by atoms with Crippen LogP contribution in [0.5, 0.6) is 0 Å². The van der Waals surface area contributed by atoms with Crippen LogP contribution < -0.4 is 0 Å². The number of unbranched alkanes of at least 4 members (excludes halogenated alkanes) is 1. The maximum atomic E-state index is 11.4. The van der Waals surface area contributed by atoms with E-state index in [1.807, 2.05) is 26.0 Å². The topological polar surface area (TPSA) is 26.3 Å². The molecule has 0 radical (unpaired) electrons. The molecule has 0 aliphatic carbocycles. The average Bonchev–Trinajstić information content (AvgIpc) is 2.33. The molecule has 2 nitrogen and oxygen atoms in total. The van der Waals surface area contributed by atoms with Gasteiger partial charge in [-0.15, -0.1) is 12.3 Å². The summed E-state index contributed by atoms with van der Waals surface area (Å²) in [7, 11) is 0. The summed E-state index contributed by atoms with van der Waals surface area (Å²) in [6.45, 7) is 4.44. The van der Waals surface area contributed by atoms with Gasteiger partial charge in [0.2, 0.25) is 0 Å². The van der Waals surface area contributed by atoms with Gasteiger partial charge in [0.1, 0.15) is 0 Å². The van der Waals surface area contributed by atoms with E-state index in [0.717, 1.165) is 11.1 Å². The normalized spacial score (nSPS) is 10.3. The van der Waals surface area contributed by atoms with E-state index in [1.54, 1.807) is 6.08 Å². The third kappa shape index (κ3) is 4.88. The van der Waals surface area contributed by atoms with Crippen LogP contribution in [0.1, 0.15) is 29.5 Å². The number of carbonyl (C=O) groups excluding carboxylic acids is 1. The van der Waals surface area contributed by atoms with E-state index in [9.17, 15) is 4.79 Å². The summed E-state index contributed by atoms with van der Waals surface area (Å²) in [6.07, 6.45) is 9.67. The summed E-state index contributed by atoms with van der Waals surface area (Å²) in [5, 5.41) is 0. The van der Waals surface area contributed by atoms with E-state index >= 15 is 0 Å². The molecular weight excluding hydrogens is 224 g/mol. The highest BCUT2D eigenvalue weighted by atomic mass is 16.5. The zero-order valence-electron chi connectivity index (χ0n) is 10.9. The number of benzene rings is 1. The Bertz CT molecular complexity index is 478. The molecule has 0 bridgehead atoms. The number of rotatable bonds is 5. The molecule has 94 valence electrons. The van der Waals surface area contributed by atoms with Gasteiger partial charge in [-0.2, -0.15) is 0 Å². The second kappa shape index (κ2) is 7.34. The Morgan fingerprint density at radius 1 is 1.44 bits per heavy atom. The summed E-state index contributed by atoms with van der Waals surface area (Å²) >= 11 is 0. The first-order chi connectivity index (χ1) is 8.63. The molecule has 0 amide bonds. The lowest BCUT2D eigenvalue weighted by molar-refractivity contribution is -0.137. The molecule has 18 heavy (non-hydrogen) atoms. The number of hydrogen-bond donors (Lipinski definition) is 0. The van der Waals surface area contributed by atoms with Crippen molar-refractivity contribution in [1.82, 2.24) is 0 Å². The SMILES string of the molecule is C#CCCCOC(=O)/C=C/c1ccc(C)cc1C. The third-order valence-electron chi connectivity index (χ3n) is 2.53. The molecule has 1 aromatic carbocycles. The largest absolute Gasteiger partial charge is 0.462 e. The standard InChI is InChI=1S/C16H18O2/c1-4-5-6-11-18-16(17)10-9-15-8-7-13(2)12-14(15)3/h1,7-10,12H,5-6,11H2,2-3H3/b10-9+. The van der Waals surface area contributed by atoms with E-state index in [4.69, 9.17) is 11.2 Å². The van der Waals surface area contributed by atoms with Crippen molar-refractivity contribution in [3.63, 3.8) is 0 Å². The van der Waals surface area contributed by atoms with Crippen LogP contribution in [0, 0.1) is 26.2 Å². The molecule has 0 aliphatic heterocycles. The lowest BCUT2D eigenvalue weighted by Crippen LogP contribution is -2.01. The van der Waals surface area contributed by atoms with Crippen LogP contribution in [-0.2, 0) is 9.53 Å². The van der Waals surface area contributed by atoms with Crippen LogP contribution in [0.2, 0.25) is 0 Å². The first kappa shape index (κ1) is 14.1. The fourth-order valence-electron chi connectivity index (χ4n) is 1.57. The second-order valence-electron chi connectivity index (χ2n) is 4.17. The summed E-state index contributed by atoms with van der Waals surface area (Å²) in [6, 6.07) is 6.09. The van der Waals surface area contributed by atoms with Gasteiger partial charge >= 0.3 is 5.97 Å². The quantitative estimate of drug-likeness (QED) is 0.343. The van der Waals surface area contributed by atoms with Crippen molar-refractivity contribution in [2.75, 3.05) is 6.61 Å². The highest BCUT2D eigenvalue weighted by Crippen LogP contribution is 2.12. The zero-order valence-corrected chi connectivity index (χ0v) is 10.9. The summed E-state index contributed by atoms with van der Waals surface area (Å²) in [5.74, 6) is 2.18. The zero-order chi connectivity index (χ0) is 13.4. The van der Waals surface area contributed by atoms with Crippen LogP contribution in [0.4, 0.5) is 0 Å². The van der Waals surface area contributed by atoms with Gasteiger partial charge in [-0.1, -0.05) is 23.8 Å². The van der Waals surface area contributed by atoms with E-state index in [1.165, 1.54) is 11.6 Å². The van der Waals surface area contributed by atoms with Gasteiger partial charge in [0.15, 0.2) is 0 Å². The number of esters is 1. The summed E-state index contributed by atoms with van der Waals surface area (Å²) < 4.78 is 5.01. The summed E-state index contributed by atoms with van der Waals surface area (Å²) in [4.78, 5) is 11.4. The van der Waals surface area contributed by atoms with Gasteiger partial charge in [-0.3, -0.25) is 0 Å². The molecule has 0 unspecified atom stereocenters. The van der Waals surface area contributed by atoms with Crippen molar-refractivity contribution in [3.8, 4) is 12.3 Å². The van der Waals surface area contributed by atoms with Crippen molar-refractivity contribution >= 4 is 12.0 Å². The van der Waals surface area contributed by atoms with Gasteiger partial charge in [0.25, 0.3) is 0 Å². The lowest BCUT2D eigenvalue weighted by atomic mass is 10.1. The number of aryl methyl sites for hydroxylation is 2. The van der Waals surface area contributed by atoms with Gasteiger partial charge in [-0.25, -0.2) is 4.79 Å². The minimum Gasteiger partial charge on any atom is -0.462 e. The minimum absolute atomic E-state index is 0.327. The highest BCUT2D eigenvalue weighted by molar-refractivity contribution is 5.87. The Hall–Kier alpha value is -2.01. The van der Waals surface area contributed by atoms with Gasteiger partial charge in [0.05, 0.1) is 6.61 Å². The van der Waals surface area contributed by atoms with Crippen LogP contribution >= 0.6 is 0 Å². The second-order valence-corrected chi connectivity index (χ2v) is 4.17. The molecule has 1 rings (SSSR count). The minimum atomic E-state index is -0.327. The van der Waals surface area contributed by atoms with Crippen molar-refractivity contribution in [2.45, 2.75) is 26.7 Å². The Balaban J connectivity index is 2.48. The van der Waals surface area contributed by atoms with Crippen molar-refractivity contribution in [3.05, 3.63) is 41.0 Å². The monoisotopic (exact) mass is 242 g/mol. The lowest BCUT2D eigenvalue weighted by Gasteiger charge is -2.02. The molecular formula is C16H18O2. The Morgan fingerprint density at radius 2 is 2.22 bits per heavy atom. The molecule has 1 aromatic rings. The third-order valence-corrected chi connectivity index (χ3v) is 2.53. The van der Waals surface area contributed by atoms with Gasteiger partial charge in [0, 0.05) is 12.5 Å². The maximum Gasteiger partial charge on any atom is 0.330 e. The van der Waals surface area contributed by atoms with Crippen LogP contribution in [0.15, 0.2) is 24.3 Å². The maximum absolute atomic E-state index is 11.4. The molecule has 2 heteroatoms. The Kier molecular flexibility index (Phi) is 5.73. The van der Waals surface area contributed by atoms with E-state index in [0.29, 0.717) is 19.4 Å². The fourth-order valence-corrected chi connectivity index (χ4v) is 1.57. The van der Waals surface area contributed by atoms with Crippen LogP contribution in [0.25, 0.3) is 6.08 Å². The molecule has 0 heterocycles. The number of ether oxygens (including phenoxy) is 1. The smallest absolute Gasteiger partial charge is 0.330 e. The Labute approximate surface area is 109 Å². The molecule has 0 N–H and O–H groups in total. The van der Waals surface area contributed by atoms with Gasteiger partial charge < -0.3 is 4.74 Å². The molecule has 0 atom stereocenters. The number of terminal acetylenes is 1. The van der Waals surface area contributed by atoms with E-state index in [2.05, 4.69) is 12.0 Å². The first-order valence-electron chi connectivity index (χ1n) is 5.99. The predicted molar refractivity (Wildman–Crippen MR) is 74.0 cm³/mol. The number of carbonyl (C=O) groups is 1. The molecule has 0 aromatic heterocycles. The summed E-state index contributed by atoms with van der Waals surface area (Å²) in [5.41, 5.74) is 3.38. The van der Waals surface area contributed by atoms with Crippen molar-refractivity contribution in [2.24, 2.45) is 0 Å². The molecule has 0 fully saturated rings. The molecule has 0 saturated carbocycles. The Morgan fingerprint density at radius 3 is 2.89 bits per heavy atom. The first-order valence-corrected chi connectivity index (χ1v) is 5.99. The fraction of sp³-hybridized carbons (Fsp3) is 0.312. The molecule has 0 spiro atoms. The van der Waals surface area contributed by atoms with E-state index < -0.39 is 0 Å². The molecule has 0 saturated heterocycles. The van der Waals surface area contributed by atoms with E-state index in [-0.39, 0.29) is 5.97 Å². The van der Waals surface area contributed by atoms with Crippen molar-refractivity contribution < 1.29 is 9.53 Å². The molecule has 0 aliphatic rings. The van der Waals surface area contributed by atoms with Crippen molar-refractivity contribution in [1.29, 1.82) is 0 Å². The van der Waals surface area contributed by atoms with Crippen LogP contribution in [0.3, 0.4) is 0 Å². The van der Waals surface area contributed by atoms with Crippen LogP contribution in [-0.4, -0.2) is 12.6 Å². The average molecular weight is 242 g/mol.